The molecule has 1 aromatic heterocycles. The Morgan fingerprint density at radius 2 is 1.68 bits per heavy atom. The molecule has 0 aliphatic carbocycles. The van der Waals surface area contributed by atoms with E-state index >= 15 is 0 Å². The fourth-order valence-corrected chi connectivity index (χ4v) is 3.98. The lowest BCUT2D eigenvalue weighted by Crippen LogP contribution is -2.31. The van der Waals surface area contributed by atoms with Crippen LogP contribution in [0.3, 0.4) is 0 Å². The van der Waals surface area contributed by atoms with E-state index in [1.54, 1.807) is 0 Å². The fourth-order valence-electron chi connectivity index (χ4n) is 3.21. The van der Waals surface area contributed by atoms with Crippen molar-refractivity contribution < 1.29 is 9.59 Å². The molecule has 1 aliphatic heterocycles. The topological polar surface area (TPSA) is 49.4 Å². The second-order valence-electron chi connectivity index (χ2n) is 6.83. The molecule has 0 saturated carbocycles. The summed E-state index contributed by atoms with van der Waals surface area (Å²) < 4.78 is 0. The van der Waals surface area contributed by atoms with Crippen molar-refractivity contribution in [1.29, 1.82) is 0 Å². The van der Waals surface area contributed by atoms with E-state index in [1.807, 2.05) is 79.9 Å². The molecule has 0 bridgehead atoms. The summed E-state index contributed by atoms with van der Waals surface area (Å²) in [7, 11) is 0. The summed E-state index contributed by atoms with van der Waals surface area (Å²) in [5.74, 6) is -0.557. The third kappa shape index (κ3) is 3.37. The van der Waals surface area contributed by atoms with Crippen LogP contribution in [0.15, 0.2) is 71.7 Å². The van der Waals surface area contributed by atoms with Gasteiger partial charge in [0.15, 0.2) is 0 Å². The largest absolute Gasteiger partial charge is 0.350 e. The third-order valence-corrected chi connectivity index (χ3v) is 5.78. The third-order valence-electron chi connectivity index (χ3n) is 4.90. The number of anilines is 1. The van der Waals surface area contributed by atoms with Gasteiger partial charge >= 0.3 is 0 Å². The number of rotatable bonds is 5. The molecule has 3 aromatic rings. The van der Waals surface area contributed by atoms with Gasteiger partial charge in [-0.2, -0.15) is 0 Å². The molecule has 2 heterocycles. The Morgan fingerprint density at radius 3 is 2.36 bits per heavy atom. The van der Waals surface area contributed by atoms with E-state index in [2.05, 4.69) is 5.32 Å². The van der Waals surface area contributed by atoms with E-state index in [4.69, 9.17) is 0 Å². The number of benzene rings is 2. The van der Waals surface area contributed by atoms with Crippen LogP contribution in [0.5, 0.6) is 0 Å². The summed E-state index contributed by atoms with van der Waals surface area (Å²) in [4.78, 5) is 28.4. The predicted octanol–water partition coefficient (Wildman–Crippen LogP) is 4.76. The maximum atomic E-state index is 13.2. The van der Waals surface area contributed by atoms with Gasteiger partial charge in [0.25, 0.3) is 11.8 Å². The molecule has 0 radical (unpaired) electrons. The van der Waals surface area contributed by atoms with Gasteiger partial charge in [-0.05, 0) is 54.1 Å². The van der Waals surface area contributed by atoms with Crippen molar-refractivity contribution in [2.75, 3.05) is 5.32 Å². The van der Waals surface area contributed by atoms with Gasteiger partial charge in [0.1, 0.15) is 5.70 Å². The summed E-state index contributed by atoms with van der Waals surface area (Å²) in [5, 5.41) is 5.13. The van der Waals surface area contributed by atoms with Crippen molar-refractivity contribution in [3.05, 3.63) is 93.3 Å². The van der Waals surface area contributed by atoms with Gasteiger partial charge in [-0.1, -0.05) is 42.5 Å². The molecule has 2 amide bonds. The van der Waals surface area contributed by atoms with Crippen molar-refractivity contribution in [2.24, 2.45) is 0 Å². The minimum atomic E-state index is -0.296. The Kier molecular flexibility index (Phi) is 4.84. The molecule has 0 spiro atoms. The van der Waals surface area contributed by atoms with Crippen LogP contribution in [0.2, 0.25) is 0 Å². The summed E-state index contributed by atoms with van der Waals surface area (Å²) in [6, 6.07) is 19.2. The molecule has 1 aliphatic rings. The molecule has 4 rings (SSSR count). The zero-order valence-electron chi connectivity index (χ0n) is 15.7. The highest BCUT2D eigenvalue weighted by molar-refractivity contribution is 7.11. The second-order valence-corrected chi connectivity index (χ2v) is 7.78. The molecule has 28 heavy (non-hydrogen) atoms. The van der Waals surface area contributed by atoms with E-state index < -0.39 is 0 Å². The van der Waals surface area contributed by atoms with E-state index in [9.17, 15) is 9.59 Å². The Labute approximate surface area is 168 Å². The minimum absolute atomic E-state index is 0.255. The quantitative estimate of drug-likeness (QED) is 0.641. The number of imide groups is 1. The first-order valence-electron chi connectivity index (χ1n) is 9.07. The van der Waals surface area contributed by atoms with E-state index in [1.165, 1.54) is 21.8 Å². The van der Waals surface area contributed by atoms with E-state index in [-0.39, 0.29) is 18.4 Å². The summed E-state index contributed by atoms with van der Waals surface area (Å²) in [5.41, 5.74) is 4.80. The number of nitrogens with zero attached hydrogens (tertiary/aromatic N) is 1. The SMILES string of the molecule is Cc1ccc(NC2=C(c3cccs3)C(=O)N(Cc3ccccc3)C2=O)cc1C. The molecule has 0 fully saturated rings. The fraction of sp³-hybridized carbons (Fsp3) is 0.130. The summed E-state index contributed by atoms with van der Waals surface area (Å²) >= 11 is 1.46. The number of thiophene rings is 1. The van der Waals surface area contributed by atoms with Gasteiger partial charge in [-0.25, -0.2) is 0 Å². The highest BCUT2D eigenvalue weighted by Crippen LogP contribution is 2.33. The molecule has 2 aromatic carbocycles. The number of aryl methyl sites for hydroxylation is 2. The first-order valence-corrected chi connectivity index (χ1v) is 9.95. The van der Waals surface area contributed by atoms with Crippen molar-refractivity contribution >= 4 is 34.4 Å². The minimum Gasteiger partial charge on any atom is -0.350 e. The van der Waals surface area contributed by atoms with Gasteiger partial charge < -0.3 is 5.32 Å². The lowest BCUT2D eigenvalue weighted by molar-refractivity contribution is -0.137. The number of hydrogen-bond donors (Lipinski definition) is 1. The zero-order valence-corrected chi connectivity index (χ0v) is 16.5. The number of carbonyl (C=O) groups excluding carboxylic acids is 2. The van der Waals surface area contributed by atoms with E-state index in [0.29, 0.717) is 11.3 Å². The molecule has 5 heteroatoms. The van der Waals surface area contributed by atoms with Crippen molar-refractivity contribution in [2.45, 2.75) is 20.4 Å². The van der Waals surface area contributed by atoms with Crippen molar-refractivity contribution in [1.82, 2.24) is 4.90 Å². The lowest BCUT2D eigenvalue weighted by Gasteiger charge is -2.15. The van der Waals surface area contributed by atoms with Crippen LogP contribution in [-0.2, 0) is 16.1 Å². The van der Waals surface area contributed by atoms with Crippen LogP contribution in [0.25, 0.3) is 5.57 Å². The molecule has 0 atom stereocenters. The average Bonchev–Trinajstić information content (AvgIpc) is 3.29. The number of hydrogen-bond acceptors (Lipinski definition) is 4. The van der Waals surface area contributed by atoms with Gasteiger partial charge in [-0.15, -0.1) is 11.3 Å². The van der Waals surface area contributed by atoms with Gasteiger partial charge in [0.2, 0.25) is 0 Å². The second kappa shape index (κ2) is 7.44. The maximum Gasteiger partial charge on any atom is 0.278 e. The van der Waals surface area contributed by atoms with Crippen LogP contribution in [0.1, 0.15) is 21.6 Å². The van der Waals surface area contributed by atoms with E-state index in [0.717, 1.165) is 21.7 Å². The molecule has 0 saturated heterocycles. The lowest BCUT2D eigenvalue weighted by atomic mass is 10.1. The van der Waals surface area contributed by atoms with Crippen molar-refractivity contribution in [3.63, 3.8) is 0 Å². The summed E-state index contributed by atoms with van der Waals surface area (Å²) in [6.45, 7) is 4.32. The smallest absolute Gasteiger partial charge is 0.278 e. The standard InChI is InChI=1S/C23H20N2O2S/c1-15-10-11-18(13-16(15)2)24-21-20(19-9-6-12-28-19)22(26)25(23(21)27)14-17-7-4-3-5-8-17/h3-13,24H,14H2,1-2H3. The molecule has 1 N–H and O–H groups in total. The Hall–Kier alpha value is -3.18. The van der Waals surface area contributed by atoms with Crippen LogP contribution in [0, 0.1) is 13.8 Å². The first kappa shape index (κ1) is 18.2. The zero-order chi connectivity index (χ0) is 19.7. The molecule has 4 nitrogen and oxygen atoms in total. The molecular formula is C23H20N2O2S. The molecular weight excluding hydrogens is 368 g/mol. The van der Waals surface area contributed by atoms with Gasteiger partial charge in [0.05, 0.1) is 12.1 Å². The van der Waals surface area contributed by atoms with Crippen LogP contribution in [-0.4, -0.2) is 16.7 Å². The number of amides is 2. The summed E-state index contributed by atoms with van der Waals surface area (Å²) in [6.07, 6.45) is 0. The molecule has 140 valence electrons. The highest BCUT2D eigenvalue weighted by atomic mass is 32.1. The van der Waals surface area contributed by atoms with Crippen LogP contribution in [0.4, 0.5) is 5.69 Å². The average molecular weight is 388 g/mol. The van der Waals surface area contributed by atoms with Crippen molar-refractivity contribution in [3.8, 4) is 0 Å². The predicted molar refractivity (Wildman–Crippen MR) is 113 cm³/mol. The Bertz CT molecular complexity index is 1070. The van der Waals surface area contributed by atoms with Gasteiger partial charge in [0, 0.05) is 10.6 Å². The highest BCUT2D eigenvalue weighted by Gasteiger charge is 2.39. The Balaban J connectivity index is 1.72. The van der Waals surface area contributed by atoms with Crippen LogP contribution >= 0.6 is 11.3 Å². The maximum absolute atomic E-state index is 13.2. The normalized spacial score (nSPS) is 14.1. The molecule has 0 unspecified atom stereocenters. The first-order chi connectivity index (χ1) is 13.5. The Morgan fingerprint density at radius 1 is 0.893 bits per heavy atom. The monoisotopic (exact) mass is 388 g/mol. The van der Waals surface area contributed by atoms with Gasteiger partial charge in [-0.3, -0.25) is 14.5 Å². The number of carbonyl (C=O) groups is 2. The van der Waals surface area contributed by atoms with Crippen LogP contribution < -0.4 is 5.32 Å². The number of nitrogens with one attached hydrogen (secondary N) is 1.